The summed E-state index contributed by atoms with van der Waals surface area (Å²) in [4.78, 5) is 4.60. The predicted molar refractivity (Wildman–Crippen MR) is 122 cm³/mol. The molecule has 0 aliphatic carbocycles. The van der Waals surface area contributed by atoms with Crippen molar-refractivity contribution in [2.75, 3.05) is 13.7 Å². The quantitative estimate of drug-likeness (QED) is 0.478. The number of hydrazone groups is 1. The van der Waals surface area contributed by atoms with E-state index in [-0.39, 0.29) is 18.1 Å². The van der Waals surface area contributed by atoms with Gasteiger partial charge in [0.25, 0.3) is 0 Å². The Morgan fingerprint density at radius 1 is 1.23 bits per heavy atom. The van der Waals surface area contributed by atoms with Crippen LogP contribution in [0.15, 0.2) is 58.7 Å². The molecule has 0 atom stereocenters. The summed E-state index contributed by atoms with van der Waals surface area (Å²) in [5, 5.41) is 28.0. The fourth-order valence-electron chi connectivity index (χ4n) is 2.91. The lowest BCUT2D eigenvalue weighted by Gasteiger charge is -2.11. The van der Waals surface area contributed by atoms with E-state index in [9.17, 15) is 5.11 Å². The third-order valence-corrected chi connectivity index (χ3v) is 5.91. The molecular formula is C21H16Cl2N4O2S. The Hall–Kier alpha value is -2.87. The zero-order chi connectivity index (χ0) is 21.3. The second kappa shape index (κ2) is 8.47. The summed E-state index contributed by atoms with van der Waals surface area (Å²) in [6.07, 6.45) is 1.54. The fraction of sp³-hybridized carbons (Fsp3) is 0.0952. The molecule has 9 heteroatoms. The molecular weight excluding hydrogens is 443 g/mol. The highest BCUT2D eigenvalue weighted by Gasteiger charge is 2.30. The zero-order valence-electron chi connectivity index (χ0n) is 15.8. The van der Waals surface area contributed by atoms with E-state index in [1.54, 1.807) is 25.3 Å². The first-order valence-corrected chi connectivity index (χ1v) is 10.5. The van der Waals surface area contributed by atoms with E-state index in [4.69, 9.17) is 33.3 Å². The van der Waals surface area contributed by atoms with E-state index >= 15 is 0 Å². The molecule has 0 amide bonds. The van der Waals surface area contributed by atoms with Crippen molar-refractivity contribution in [1.82, 2.24) is 9.99 Å². The minimum Gasteiger partial charge on any atom is -0.509 e. The minimum atomic E-state index is 0.0509. The molecule has 0 fully saturated rings. The molecule has 2 N–H and O–H groups in total. The first-order chi connectivity index (χ1) is 14.5. The number of hydrogen-bond donors (Lipinski definition) is 2. The van der Waals surface area contributed by atoms with Crippen LogP contribution in [0.4, 0.5) is 0 Å². The molecule has 0 saturated heterocycles. The van der Waals surface area contributed by atoms with Crippen LogP contribution in [0.2, 0.25) is 10.0 Å². The number of amidine groups is 1. The summed E-state index contributed by atoms with van der Waals surface area (Å²) < 4.78 is 5.18. The number of rotatable bonds is 5. The van der Waals surface area contributed by atoms with Crippen molar-refractivity contribution in [2.24, 2.45) is 5.10 Å². The fourth-order valence-corrected chi connectivity index (χ4v) is 4.26. The Labute approximate surface area is 187 Å². The third-order valence-electron chi connectivity index (χ3n) is 4.49. The van der Waals surface area contributed by atoms with E-state index in [0.29, 0.717) is 26.2 Å². The maximum atomic E-state index is 10.4. The van der Waals surface area contributed by atoms with E-state index < -0.39 is 0 Å². The number of nitrogens with one attached hydrogen (secondary N) is 1. The summed E-state index contributed by atoms with van der Waals surface area (Å²) >= 11 is 13.4. The van der Waals surface area contributed by atoms with Crippen molar-refractivity contribution in [3.63, 3.8) is 0 Å². The monoisotopic (exact) mass is 458 g/mol. The van der Waals surface area contributed by atoms with Gasteiger partial charge in [0.05, 0.1) is 29.6 Å². The number of methoxy groups -OCH3 is 1. The van der Waals surface area contributed by atoms with Gasteiger partial charge in [0, 0.05) is 21.5 Å². The number of halogens is 2. The Morgan fingerprint density at radius 3 is 2.70 bits per heavy atom. The maximum absolute atomic E-state index is 10.4. The van der Waals surface area contributed by atoms with Gasteiger partial charge in [-0.05, 0) is 36.4 Å². The van der Waals surface area contributed by atoms with Crippen LogP contribution in [0.25, 0.3) is 16.8 Å². The molecule has 0 unspecified atom stereocenters. The van der Waals surface area contributed by atoms with Crippen molar-refractivity contribution < 1.29 is 9.84 Å². The van der Waals surface area contributed by atoms with Crippen LogP contribution in [0.3, 0.4) is 0 Å². The first kappa shape index (κ1) is 20.4. The first-order valence-electron chi connectivity index (χ1n) is 8.84. The number of hydrogen-bond acceptors (Lipinski definition) is 6. The van der Waals surface area contributed by atoms with Crippen molar-refractivity contribution >= 4 is 52.2 Å². The summed E-state index contributed by atoms with van der Waals surface area (Å²) in [6.45, 7) is 0.0906. The Balaban J connectivity index is 1.54. The number of aliphatic hydroxyl groups excluding tert-OH is 1. The van der Waals surface area contributed by atoms with E-state index in [1.807, 2.05) is 29.6 Å². The van der Waals surface area contributed by atoms with Crippen molar-refractivity contribution in [3.8, 4) is 17.0 Å². The summed E-state index contributed by atoms with van der Waals surface area (Å²) in [5.74, 6) is 0.890. The molecule has 2 heterocycles. The summed E-state index contributed by atoms with van der Waals surface area (Å²) in [6, 6.07) is 12.6. The third kappa shape index (κ3) is 4.05. The van der Waals surface area contributed by atoms with Crippen molar-refractivity contribution in [3.05, 3.63) is 74.2 Å². The Kier molecular flexibility index (Phi) is 5.76. The Bertz CT molecular complexity index is 1170. The van der Waals surface area contributed by atoms with Crippen LogP contribution < -0.4 is 4.74 Å². The van der Waals surface area contributed by atoms with Crippen LogP contribution in [0.1, 0.15) is 10.6 Å². The Morgan fingerprint density at radius 2 is 2.00 bits per heavy atom. The van der Waals surface area contributed by atoms with Gasteiger partial charge in [-0.3, -0.25) is 5.41 Å². The van der Waals surface area contributed by atoms with E-state index in [1.165, 1.54) is 22.6 Å². The van der Waals surface area contributed by atoms with Gasteiger partial charge in [-0.25, -0.2) is 9.99 Å². The highest BCUT2D eigenvalue weighted by molar-refractivity contribution is 7.11. The predicted octanol–water partition coefficient (Wildman–Crippen LogP) is 5.72. The van der Waals surface area contributed by atoms with Gasteiger partial charge < -0.3 is 9.84 Å². The van der Waals surface area contributed by atoms with E-state index in [0.717, 1.165) is 17.0 Å². The minimum absolute atomic E-state index is 0.0509. The molecule has 2 aromatic carbocycles. The molecule has 0 spiro atoms. The molecule has 0 bridgehead atoms. The van der Waals surface area contributed by atoms with Crippen molar-refractivity contribution in [2.45, 2.75) is 0 Å². The van der Waals surface area contributed by atoms with Gasteiger partial charge in [-0.1, -0.05) is 29.3 Å². The molecule has 0 saturated carbocycles. The molecule has 1 aliphatic rings. The largest absolute Gasteiger partial charge is 0.509 e. The maximum Gasteiger partial charge on any atom is 0.155 e. The molecule has 4 rings (SSSR count). The normalized spacial score (nSPS) is 14.2. The van der Waals surface area contributed by atoms with E-state index in [2.05, 4.69) is 10.1 Å². The average molecular weight is 459 g/mol. The highest BCUT2D eigenvalue weighted by atomic mass is 35.5. The number of thiazole rings is 1. The van der Waals surface area contributed by atoms with Gasteiger partial charge in [0.2, 0.25) is 0 Å². The van der Waals surface area contributed by atoms with Gasteiger partial charge in [-0.2, -0.15) is 5.10 Å². The van der Waals surface area contributed by atoms with Crippen LogP contribution in [-0.4, -0.2) is 40.8 Å². The van der Waals surface area contributed by atoms with Crippen LogP contribution in [0.5, 0.6) is 5.75 Å². The molecule has 30 heavy (non-hydrogen) atoms. The molecule has 1 aliphatic heterocycles. The molecule has 0 radical (unpaired) electrons. The second-order valence-corrected chi connectivity index (χ2v) is 8.11. The lowest BCUT2D eigenvalue weighted by molar-refractivity contribution is 0.358. The van der Waals surface area contributed by atoms with Crippen LogP contribution >= 0.6 is 34.5 Å². The van der Waals surface area contributed by atoms with Crippen LogP contribution in [-0.2, 0) is 0 Å². The van der Waals surface area contributed by atoms with Crippen LogP contribution in [0, 0.1) is 5.41 Å². The average Bonchev–Trinajstić information content (AvgIpc) is 3.32. The standard InChI is InChI=1S/C21H16Cl2N4O2S/c1-29-15-6-3-12(4-7-15)17-11-30-21(26-17)19-18(28)10-27(20(19)24)25-9-13-2-5-14(22)8-16(13)23/h2-9,11,24,28H,10H2,1H3. The topological polar surface area (TPSA) is 81.8 Å². The van der Waals surface area contributed by atoms with Gasteiger partial charge in [-0.15, -0.1) is 11.3 Å². The number of nitrogens with zero attached hydrogens (tertiary/aromatic N) is 3. The SMILES string of the molecule is COc1ccc(-c2csc(C3=C(O)CN(N=Cc4ccc(Cl)cc4Cl)C3=N)n2)cc1. The van der Waals surface area contributed by atoms with Gasteiger partial charge in [0.15, 0.2) is 5.84 Å². The second-order valence-electron chi connectivity index (χ2n) is 6.40. The lowest BCUT2D eigenvalue weighted by Crippen LogP contribution is -2.20. The number of benzene rings is 2. The smallest absolute Gasteiger partial charge is 0.155 e. The number of ether oxygens (including phenoxy) is 1. The molecule has 6 nitrogen and oxygen atoms in total. The number of aliphatic hydroxyl groups is 1. The summed E-state index contributed by atoms with van der Waals surface area (Å²) in [5.41, 5.74) is 2.73. The highest BCUT2D eigenvalue weighted by Crippen LogP contribution is 2.33. The molecule has 1 aromatic heterocycles. The number of aromatic nitrogens is 1. The van der Waals surface area contributed by atoms with Gasteiger partial charge >= 0.3 is 0 Å². The molecule has 152 valence electrons. The van der Waals surface area contributed by atoms with Gasteiger partial charge in [0.1, 0.15) is 23.1 Å². The summed E-state index contributed by atoms with van der Waals surface area (Å²) in [7, 11) is 1.62. The lowest BCUT2D eigenvalue weighted by atomic mass is 10.1. The zero-order valence-corrected chi connectivity index (χ0v) is 18.1. The molecule has 3 aromatic rings. The van der Waals surface area contributed by atoms with Crippen molar-refractivity contribution in [1.29, 1.82) is 5.41 Å².